The summed E-state index contributed by atoms with van der Waals surface area (Å²) in [5, 5.41) is 73.9. The summed E-state index contributed by atoms with van der Waals surface area (Å²) in [4.78, 5) is 36.9. The maximum absolute atomic E-state index is 12.9. The third-order valence-corrected chi connectivity index (χ3v) is 6.63. The van der Waals surface area contributed by atoms with Crippen molar-refractivity contribution >= 4 is 27.6 Å². The predicted octanol–water partition coefficient (Wildman–Crippen LogP) is 5.36. The van der Waals surface area contributed by atoms with Gasteiger partial charge in [-0.2, -0.15) is 0 Å². The Morgan fingerprint density at radius 1 is 0.591 bits per heavy atom. The Morgan fingerprint density at radius 2 is 1.20 bits per heavy atom. The van der Waals surface area contributed by atoms with Crippen LogP contribution in [-0.2, 0) is 0 Å². The van der Waals surface area contributed by atoms with E-state index < -0.39 is 73.3 Å². The standard InChI is InChI=1S/C30H17NO13/c32-13-3-1-11(2-4-13)29-28(40)26(38)23-17(34)9-15(10-20(23)44-29)42-21-6-12(5-18(35)24(21)36)30-27(39)25(37)22-16(31-41)7-14(33)8-19(22)43-30/h1-10,32-36,39-40H. The van der Waals surface area contributed by atoms with E-state index in [1.165, 1.54) is 24.3 Å². The molecule has 6 rings (SSSR count). The second-order valence-corrected chi connectivity index (χ2v) is 9.45. The van der Waals surface area contributed by atoms with Gasteiger partial charge in [0.1, 0.15) is 45.2 Å². The molecule has 6 aromatic rings. The molecule has 0 radical (unpaired) electrons. The van der Waals surface area contributed by atoms with Crippen LogP contribution in [0.15, 0.2) is 84.3 Å². The van der Waals surface area contributed by atoms with Crippen LogP contribution in [0.5, 0.6) is 51.7 Å². The molecule has 7 N–H and O–H groups in total. The summed E-state index contributed by atoms with van der Waals surface area (Å²) in [7, 11) is 0. The second-order valence-electron chi connectivity index (χ2n) is 9.45. The second kappa shape index (κ2) is 9.99. The molecule has 2 aromatic heterocycles. The quantitative estimate of drug-likeness (QED) is 0.0976. The van der Waals surface area contributed by atoms with Gasteiger partial charge < -0.3 is 49.3 Å². The third kappa shape index (κ3) is 4.39. The molecule has 2 heterocycles. The average molecular weight is 599 g/mol. The van der Waals surface area contributed by atoms with Crippen molar-refractivity contribution < 1.29 is 49.3 Å². The normalized spacial score (nSPS) is 11.2. The zero-order valence-electron chi connectivity index (χ0n) is 21.8. The summed E-state index contributed by atoms with van der Waals surface area (Å²) in [5.41, 5.74) is -3.08. The molecule has 44 heavy (non-hydrogen) atoms. The largest absolute Gasteiger partial charge is 0.508 e. The van der Waals surface area contributed by atoms with Gasteiger partial charge in [-0.05, 0) is 41.6 Å². The van der Waals surface area contributed by atoms with Crippen LogP contribution in [0.2, 0.25) is 0 Å². The molecular formula is C30H17NO13. The highest BCUT2D eigenvalue weighted by atomic mass is 16.5. The topological polar surface area (TPSA) is 241 Å². The van der Waals surface area contributed by atoms with Gasteiger partial charge in [0.2, 0.25) is 28.1 Å². The molecule has 0 saturated carbocycles. The van der Waals surface area contributed by atoms with Crippen molar-refractivity contribution in [2.24, 2.45) is 5.18 Å². The van der Waals surface area contributed by atoms with E-state index in [1.807, 2.05) is 0 Å². The van der Waals surface area contributed by atoms with Gasteiger partial charge in [-0.1, -0.05) is 0 Å². The Labute approximate surface area is 242 Å². The summed E-state index contributed by atoms with van der Waals surface area (Å²) in [5.74, 6) is -6.12. The van der Waals surface area contributed by atoms with Gasteiger partial charge in [-0.25, -0.2) is 0 Å². The molecule has 14 nitrogen and oxygen atoms in total. The number of hydrogen-bond acceptors (Lipinski definition) is 14. The lowest BCUT2D eigenvalue weighted by Gasteiger charge is -2.13. The number of hydrogen-bond donors (Lipinski definition) is 7. The highest BCUT2D eigenvalue weighted by molar-refractivity contribution is 5.93. The van der Waals surface area contributed by atoms with Crippen molar-refractivity contribution in [3.63, 3.8) is 0 Å². The fourth-order valence-corrected chi connectivity index (χ4v) is 4.60. The minimum Gasteiger partial charge on any atom is -0.508 e. The predicted molar refractivity (Wildman–Crippen MR) is 153 cm³/mol. The van der Waals surface area contributed by atoms with Crippen LogP contribution in [0, 0.1) is 4.91 Å². The lowest BCUT2D eigenvalue weighted by atomic mass is 10.1. The van der Waals surface area contributed by atoms with E-state index in [-0.39, 0.29) is 39.6 Å². The van der Waals surface area contributed by atoms with Crippen molar-refractivity contribution in [1.82, 2.24) is 0 Å². The highest BCUT2D eigenvalue weighted by Gasteiger charge is 2.23. The Kier molecular flexibility index (Phi) is 6.23. The number of phenols is 5. The van der Waals surface area contributed by atoms with E-state index in [1.54, 1.807) is 0 Å². The lowest BCUT2D eigenvalue weighted by Crippen LogP contribution is -2.03. The van der Waals surface area contributed by atoms with Crippen LogP contribution in [0.25, 0.3) is 44.6 Å². The number of nitrogens with zero attached hydrogens (tertiary/aromatic N) is 1. The summed E-state index contributed by atoms with van der Waals surface area (Å²) < 4.78 is 16.9. The van der Waals surface area contributed by atoms with Crippen LogP contribution in [0.1, 0.15) is 0 Å². The molecule has 220 valence electrons. The molecule has 0 atom stereocenters. The number of benzene rings is 4. The molecule has 0 amide bonds. The molecule has 0 saturated heterocycles. The molecule has 0 aliphatic heterocycles. The van der Waals surface area contributed by atoms with Crippen LogP contribution >= 0.6 is 0 Å². The molecule has 0 aliphatic rings. The zero-order valence-corrected chi connectivity index (χ0v) is 21.8. The number of fused-ring (bicyclic) bond motifs is 2. The molecule has 0 bridgehead atoms. The Hall–Kier alpha value is -6.70. The van der Waals surface area contributed by atoms with E-state index in [2.05, 4.69) is 5.18 Å². The van der Waals surface area contributed by atoms with Crippen molar-refractivity contribution in [2.75, 3.05) is 0 Å². The maximum Gasteiger partial charge on any atom is 0.238 e. The van der Waals surface area contributed by atoms with E-state index in [4.69, 9.17) is 13.6 Å². The van der Waals surface area contributed by atoms with Crippen molar-refractivity contribution in [3.8, 4) is 74.4 Å². The van der Waals surface area contributed by atoms with Gasteiger partial charge in [0, 0.05) is 35.4 Å². The molecule has 14 heteroatoms. The van der Waals surface area contributed by atoms with E-state index >= 15 is 0 Å². The molecule has 0 fully saturated rings. The van der Waals surface area contributed by atoms with Gasteiger partial charge in [0.05, 0.1) is 5.39 Å². The smallest absolute Gasteiger partial charge is 0.238 e. The number of aromatic hydroxyl groups is 7. The summed E-state index contributed by atoms with van der Waals surface area (Å²) in [6.07, 6.45) is 0. The minimum absolute atomic E-state index is 0.0767. The van der Waals surface area contributed by atoms with Crippen molar-refractivity contribution in [3.05, 3.63) is 86.0 Å². The summed E-state index contributed by atoms with van der Waals surface area (Å²) in [6.45, 7) is 0. The van der Waals surface area contributed by atoms with Crippen molar-refractivity contribution in [2.45, 2.75) is 0 Å². The fourth-order valence-electron chi connectivity index (χ4n) is 4.60. The van der Waals surface area contributed by atoms with Gasteiger partial charge in [-0.3, -0.25) is 9.59 Å². The molecule has 0 unspecified atom stereocenters. The van der Waals surface area contributed by atoms with Crippen LogP contribution in [0.4, 0.5) is 5.69 Å². The number of rotatable bonds is 5. The lowest BCUT2D eigenvalue weighted by molar-refractivity contribution is 0.371. The van der Waals surface area contributed by atoms with E-state index in [0.717, 1.165) is 36.4 Å². The van der Waals surface area contributed by atoms with Crippen LogP contribution in [-0.4, -0.2) is 35.7 Å². The van der Waals surface area contributed by atoms with E-state index in [0.29, 0.717) is 0 Å². The van der Waals surface area contributed by atoms with Gasteiger partial charge in [-0.15, -0.1) is 4.91 Å². The average Bonchev–Trinajstić information content (AvgIpc) is 2.98. The van der Waals surface area contributed by atoms with Crippen LogP contribution in [0.3, 0.4) is 0 Å². The molecule has 4 aromatic carbocycles. The summed E-state index contributed by atoms with van der Waals surface area (Å²) in [6, 6.07) is 11.4. The van der Waals surface area contributed by atoms with Crippen molar-refractivity contribution in [1.29, 1.82) is 0 Å². The highest BCUT2D eigenvalue weighted by Crippen LogP contribution is 2.45. The molecule has 0 aliphatic carbocycles. The van der Waals surface area contributed by atoms with Crippen LogP contribution < -0.4 is 15.6 Å². The summed E-state index contributed by atoms with van der Waals surface area (Å²) >= 11 is 0. The Balaban J connectivity index is 1.48. The monoisotopic (exact) mass is 599 g/mol. The number of phenolic OH excluding ortho intramolecular Hbond substituents is 5. The zero-order chi connectivity index (χ0) is 31.4. The maximum atomic E-state index is 12.9. The number of ether oxygens (including phenoxy) is 1. The Morgan fingerprint density at radius 3 is 1.86 bits per heavy atom. The van der Waals surface area contributed by atoms with E-state index in [9.17, 15) is 50.2 Å². The first-order valence-electron chi connectivity index (χ1n) is 12.4. The number of nitroso groups, excluding NO2 is 1. The first kappa shape index (κ1) is 27.5. The molecule has 0 spiro atoms. The van der Waals surface area contributed by atoms with Gasteiger partial charge in [0.15, 0.2) is 23.0 Å². The Bertz CT molecular complexity index is 2290. The first-order chi connectivity index (χ1) is 21.0. The van der Waals surface area contributed by atoms with Gasteiger partial charge in [0.25, 0.3) is 0 Å². The minimum atomic E-state index is -1.08. The third-order valence-electron chi connectivity index (χ3n) is 6.63. The van der Waals surface area contributed by atoms with Gasteiger partial charge >= 0.3 is 0 Å². The molecular weight excluding hydrogens is 582 g/mol. The first-order valence-corrected chi connectivity index (χ1v) is 12.4. The SMILES string of the molecule is O=Nc1cc(O)cc2oc(-c3cc(O)c(O)c(Oc4cc(O)c5c(=O)c(O)c(-c6ccc(O)cc6)oc5c4)c3)c(O)c(=O)c12. The fraction of sp³-hybridized carbons (Fsp3) is 0.